The molecule has 2 rings (SSSR count). The standard InChI is InChI=1S/C15H19N3O3/c1-9-6-12(19-3)13(20-4)8-11(9)17-15-16-10(2)7-14(18-15)21-5/h6-8H,1-5H3,(H,16,17,18). The van der Waals surface area contributed by atoms with Gasteiger partial charge in [0.2, 0.25) is 11.8 Å². The van der Waals surface area contributed by atoms with Gasteiger partial charge in [0.25, 0.3) is 0 Å². The summed E-state index contributed by atoms with van der Waals surface area (Å²) in [4.78, 5) is 8.61. The van der Waals surface area contributed by atoms with Crippen LogP contribution in [0.4, 0.5) is 11.6 Å². The maximum atomic E-state index is 5.31. The van der Waals surface area contributed by atoms with Crippen LogP contribution in [0.3, 0.4) is 0 Å². The van der Waals surface area contributed by atoms with Crippen LogP contribution >= 0.6 is 0 Å². The molecule has 112 valence electrons. The SMILES string of the molecule is COc1cc(C)nc(Nc2cc(OC)c(OC)cc2C)n1. The molecule has 1 aromatic carbocycles. The first-order valence-electron chi connectivity index (χ1n) is 6.46. The molecule has 0 aliphatic carbocycles. The normalized spacial score (nSPS) is 10.1. The summed E-state index contributed by atoms with van der Waals surface area (Å²) in [7, 11) is 4.79. The van der Waals surface area contributed by atoms with E-state index in [9.17, 15) is 0 Å². The van der Waals surface area contributed by atoms with E-state index in [-0.39, 0.29) is 0 Å². The number of ether oxygens (including phenoxy) is 3. The predicted octanol–water partition coefficient (Wildman–Crippen LogP) is 2.86. The first-order valence-corrected chi connectivity index (χ1v) is 6.46. The monoisotopic (exact) mass is 289 g/mol. The molecule has 6 nitrogen and oxygen atoms in total. The minimum atomic E-state index is 0.474. The molecule has 0 bridgehead atoms. The number of aromatic nitrogens is 2. The van der Waals surface area contributed by atoms with Gasteiger partial charge in [-0.3, -0.25) is 0 Å². The summed E-state index contributed by atoms with van der Waals surface area (Å²) in [5.41, 5.74) is 2.67. The van der Waals surface area contributed by atoms with Gasteiger partial charge >= 0.3 is 0 Å². The zero-order valence-corrected chi connectivity index (χ0v) is 12.9. The van der Waals surface area contributed by atoms with E-state index in [2.05, 4.69) is 15.3 Å². The van der Waals surface area contributed by atoms with E-state index >= 15 is 0 Å². The van der Waals surface area contributed by atoms with Crippen molar-refractivity contribution in [1.82, 2.24) is 9.97 Å². The lowest BCUT2D eigenvalue weighted by Crippen LogP contribution is -2.02. The Morgan fingerprint density at radius 1 is 0.857 bits per heavy atom. The number of anilines is 2. The van der Waals surface area contributed by atoms with E-state index in [0.29, 0.717) is 23.3 Å². The second kappa shape index (κ2) is 6.30. The van der Waals surface area contributed by atoms with Crippen molar-refractivity contribution in [1.29, 1.82) is 0 Å². The molecule has 2 aromatic rings. The highest BCUT2D eigenvalue weighted by atomic mass is 16.5. The van der Waals surface area contributed by atoms with Gasteiger partial charge in [0.1, 0.15) is 0 Å². The van der Waals surface area contributed by atoms with E-state index < -0.39 is 0 Å². The molecule has 0 saturated carbocycles. The van der Waals surface area contributed by atoms with Gasteiger partial charge < -0.3 is 19.5 Å². The van der Waals surface area contributed by atoms with Gasteiger partial charge in [-0.15, -0.1) is 0 Å². The largest absolute Gasteiger partial charge is 0.493 e. The summed E-state index contributed by atoms with van der Waals surface area (Å²) in [6.07, 6.45) is 0. The Balaban J connectivity index is 2.37. The quantitative estimate of drug-likeness (QED) is 0.913. The Kier molecular flexibility index (Phi) is 4.47. The van der Waals surface area contributed by atoms with Gasteiger partial charge in [-0.2, -0.15) is 4.98 Å². The third-order valence-corrected chi connectivity index (χ3v) is 3.02. The number of nitrogens with one attached hydrogen (secondary N) is 1. The molecule has 6 heteroatoms. The highest BCUT2D eigenvalue weighted by Gasteiger charge is 2.10. The van der Waals surface area contributed by atoms with Gasteiger partial charge in [0.15, 0.2) is 11.5 Å². The van der Waals surface area contributed by atoms with Gasteiger partial charge in [-0.1, -0.05) is 0 Å². The van der Waals surface area contributed by atoms with Crippen LogP contribution in [0, 0.1) is 13.8 Å². The fourth-order valence-corrected chi connectivity index (χ4v) is 1.94. The van der Waals surface area contributed by atoms with Crippen molar-refractivity contribution in [2.75, 3.05) is 26.6 Å². The Bertz CT molecular complexity index is 644. The Labute approximate surface area is 124 Å². The predicted molar refractivity (Wildman–Crippen MR) is 80.9 cm³/mol. The molecule has 0 unspecified atom stereocenters. The molecule has 0 saturated heterocycles. The van der Waals surface area contributed by atoms with Crippen LogP contribution in [0.1, 0.15) is 11.3 Å². The van der Waals surface area contributed by atoms with Crippen molar-refractivity contribution in [2.24, 2.45) is 0 Å². The Hall–Kier alpha value is -2.50. The van der Waals surface area contributed by atoms with Gasteiger partial charge in [0, 0.05) is 23.5 Å². The average molecular weight is 289 g/mol. The summed E-state index contributed by atoms with van der Waals surface area (Å²) in [6, 6.07) is 5.52. The number of hydrogen-bond donors (Lipinski definition) is 1. The van der Waals surface area contributed by atoms with Gasteiger partial charge in [-0.25, -0.2) is 4.98 Å². The minimum Gasteiger partial charge on any atom is -0.493 e. The molecule has 0 fully saturated rings. The number of hydrogen-bond acceptors (Lipinski definition) is 6. The van der Waals surface area contributed by atoms with Crippen molar-refractivity contribution < 1.29 is 14.2 Å². The number of aryl methyl sites for hydroxylation is 2. The molecule has 0 radical (unpaired) electrons. The highest BCUT2D eigenvalue weighted by Crippen LogP contribution is 2.33. The van der Waals surface area contributed by atoms with Gasteiger partial charge in [-0.05, 0) is 25.5 Å². The van der Waals surface area contributed by atoms with E-state index in [1.54, 1.807) is 27.4 Å². The first kappa shape index (κ1) is 14.9. The van der Waals surface area contributed by atoms with Crippen LogP contribution in [0.5, 0.6) is 17.4 Å². The highest BCUT2D eigenvalue weighted by molar-refractivity contribution is 5.64. The van der Waals surface area contributed by atoms with Gasteiger partial charge in [0.05, 0.1) is 21.3 Å². The van der Waals surface area contributed by atoms with E-state index in [1.165, 1.54) is 0 Å². The molecular formula is C15H19N3O3. The van der Waals surface area contributed by atoms with Crippen LogP contribution in [0.25, 0.3) is 0 Å². The molecular weight excluding hydrogens is 270 g/mol. The fourth-order valence-electron chi connectivity index (χ4n) is 1.94. The second-order valence-corrected chi connectivity index (χ2v) is 4.52. The Morgan fingerprint density at radius 2 is 1.52 bits per heavy atom. The van der Waals surface area contributed by atoms with E-state index in [4.69, 9.17) is 14.2 Å². The molecule has 0 amide bonds. The number of rotatable bonds is 5. The first-order chi connectivity index (χ1) is 10.1. The van der Waals surface area contributed by atoms with Crippen LogP contribution in [-0.2, 0) is 0 Å². The summed E-state index contributed by atoms with van der Waals surface area (Å²) < 4.78 is 15.7. The van der Waals surface area contributed by atoms with Crippen molar-refractivity contribution in [3.63, 3.8) is 0 Å². The summed E-state index contributed by atoms with van der Waals surface area (Å²) in [5, 5.41) is 3.18. The second-order valence-electron chi connectivity index (χ2n) is 4.52. The third-order valence-electron chi connectivity index (χ3n) is 3.02. The summed E-state index contributed by atoms with van der Waals surface area (Å²) >= 11 is 0. The molecule has 0 aliphatic heterocycles. The topological polar surface area (TPSA) is 65.5 Å². The van der Waals surface area contributed by atoms with Crippen LogP contribution in [0.2, 0.25) is 0 Å². The molecule has 21 heavy (non-hydrogen) atoms. The Morgan fingerprint density at radius 3 is 2.14 bits per heavy atom. The lowest BCUT2D eigenvalue weighted by atomic mass is 10.1. The number of benzene rings is 1. The lowest BCUT2D eigenvalue weighted by molar-refractivity contribution is 0.355. The van der Waals surface area contributed by atoms with Crippen molar-refractivity contribution in [3.05, 3.63) is 29.5 Å². The van der Waals surface area contributed by atoms with E-state index in [0.717, 1.165) is 16.9 Å². The summed E-state index contributed by atoms with van der Waals surface area (Å²) in [6.45, 7) is 3.86. The van der Waals surface area contributed by atoms with Crippen LogP contribution < -0.4 is 19.5 Å². The van der Waals surface area contributed by atoms with Crippen molar-refractivity contribution in [3.8, 4) is 17.4 Å². The van der Waals surface area contributed by atoms with Crippen LogP contribution in [0.15, 0.2) is 18.2 Å². The maximum Gasteiger partial charge on any atom is 0.230 e. The number of methoxy groups -OCH3 is 3. The molecule has 0 aliphatic rings. The minimum absolute atomic E-state index is 0.474. The smallest absolute Gasteiger partial charge is 0.230 e. The zero-order valence-electron chi connectivity index (χ0n) is 12.9. The zero-order chi connectivity index (χ0) is 15.4. The van der Waals surface area contributed by atoms with Crippen molar-refractivity contribution in [2.45, 2.75) is 13.8 Å². The number of nitrogens with zero attached hydrogens (tertiary/aromatic N) is 2. The molecule has 0 spiro atoms. The van der Waals surface area contributed by atoms with Crippen LogP contribution in [-0.4, -0.2) is 31.3 Å². The summed E-state index contributed by atoms with van der Waals surface area (Å²) in [5.74, 6) is 2.32. The third kappa shape index (κ3) is 3.34. The lowest BCUT2D eigenvalue weighted by Gasteiger charge is -2.14. The molecule has 1 heterocycles. The molecule has 1 aromatic heterocycles. The van der Waals surface area contributed by atoms with E-state index in [1.807, 2.05) is 26.0 Å². The molecule has 1 N–H and O–H groups in total. The maximum absolute atomic E-state index is 5.31. The average Bonchev–Trinajstić information content (AvgIpc) is 2.48. The molecule has 0 atom stereocenters. The fraction of sp³-hybridized carbons (Fsp3) is 0.333. The van der Waals surface area contributed by atoms with Crippen molar-refractivity contribution >= 4 is 11.6 Å².